The van der Waals surface area contributed by atoms with Crippen molar-refractivity contribution in [2.75, 3.05) is 10.8 Å². The largest absolute Gasteiger partial charge is 0.352 e. The molecule has 10 heteroatoms. The summed E-state index contributed by atoms with van der Waals surface area (Å²) in [5.41, 5.74) is 2.92. The molecule has 0 saturated heterocycles. The lowest BCUT2D eigenvalue weighted by molar-refractivity contribution is -0.140. The van der Waals surface area contributed by atoms with Crippen LogP contribution in [0.15, 0.2) is 108 Å². The van der Waals surface area contributed by atoms with E-state index in [1.807, 2.05) is 42.5 Å². The van der Waals surface area contributed by atoms with Gasteiger partial charge < -0.3 is 10.2 Å². The third-order valence-corrected chi connectivity index (χ3v) is 11.5. The molecule has 5 rings (SSSR count). The van der Waals surface area contributed by atoms with E-state index < -0.39 is 28.5 Å². The van der Waals surface area contributed by atoms with E-state index in [1.54, 1.807) is 48.5 Å². The lowest BCUT2D eigenvalue weighted by atomic mass is 9.94. The lowest BCUT2D eigenvalue weighted by Gasteiger charge is -2.35. The van der Waals surface area contributed by atoms with E-state index in [0.717, 1.165) is 47.5 Å². The van der Waals surface area contributed by atoms with Crippen LogP contribution < -0.4 is 9.62 Å². The Morgan fingerprint density at radius 3 is 2.04 bits per heavy atom. The van der Waals surface area contributed by atoms with Gasteiger partial charge in [-0.2, -0.15) is 0 Å². The van der Waals surface area contributed by atoms with Crippen LogP contribution >= 0.6 is 23.2 Å². The van der Waals surface area contributed by atoms with E-state index in [-0.39, 0.29) is 35.7 Å². The third-order valence-electron chi connectivity index (χ3n) is 9.02. The Morgan fingerprint density at radius 2 is 1.43 bits per heavy atom. The molecule has 49 heavy (non-hydrogen) atoms. The fraction of sp³-hybridized carbons (Fsp3) is 0.333. The Kier molecular flexibility index (Phi) is 12.4. The number of sulfonamides is 1. The predicted molar refractivity (Wildman–Crippen MR) is 197 cm³/mol. The van der Waals surface area contributed by atoms with Gasteiger partial charge >= 0.3 is 0 Å². The van der Waals surface area contributed by atoms with Crippen molar-refractivity contribution in [2.45, 2.75) is 81.8 Å². The van der Waals surface area contributed by atoms with Crippen molar-refractivity contribution < 1.29 is 18.0 Å². The molecule has 0 aliphatic heterocycles. The van der Waals surface area contributed by atoms with Crippen LogP contribution in [-0.4, -0.2) is 43.8 Å². The number of amides is 2. The average Bonchev–Trinajstić information content (AvgIpc) is 3.11. The van der Waals surface area contributed by atoms with E-state index in [4.69, 9.17) is 23.2 Å². The molecular formula is C39H43Cl2N3O4S. The minimum atomic E-state index is -4.18. The Morgan fingerprint density at radius 1 is 0.796 bits per heavy atom. The van der Waals surface area contributed by atoms with Crippen LogP contribution in [0.4, 0.5) is 5.69 Å². The first-order chi connectivity index (χ1) is 23.5. The molecule has 7 nitrogen and oxygen atoms in total. The molecule has 0 heterocycles. The second-order valence-corrected chi connectivity index (χ2v) is 15.6. The van der Waals surface area contributed by atoms with Crippen LogP contribution in [0.1, 0.15) is 68.6 Å². The molecule has 2 amide bonds. The van der Waals surface area contributed by atoms with Gasteiger partial charge in [0.25, 0.3) is 10.0 Å². The summed E-state index contributed by atoms with van der Waals surface area (Å²) in [5.74, 6) is -0.570. The molecular weight excluding hydrogens is 677 g/mol. The smallest absolute Gasteiger partial charge is 0.264 e. The van der Waals surface area contributed by atoms with Gasteiger partial charge in [-0.05, 0) is 71.8 Å². The Labute approximate surface area is 300 Å². The average molecular weight is 721 g/mol. The summed E-state index contributed by atoms with van der Waals surface area (Å²) in [5, 5.41) is 3.91. The number of halogens is 2. The van der Waals surface area contributed by atoms with Gasteiger partial charge in [0.2, 0.25) is 11.8 Å². The maximum absolute atomic E-state index is 14.7. The predicted octanol–water partition coefficient (Wildman–Crippen LogP) is 8.40. The van der Waals surface area contributed by atoms with Gasteiger partial charge in [-0.25, -0.2) is 8.42 Å². The van der Waals surface area contributed by atoms with Crippen molar-refractivity contribution >= 4 is 50.7 Å². The fourth-order valence-electron chi connectivity index (χ4n) is 6.21. The number of nitrogens with zero attached hydrogens (tertiary/aromatic N) is 2. The molecule has 1 fully saturated rings. The Bertz CT molecular complexity index is 1810. The minimum absolute atomic E-state index is 0.0101. The van der Waals surface area contributed by atoms with Gasteiger partial charge in [-0.1, -0.05) is 123 Å². The molecule has 1 atom stereocenters. The van der Waals surface area contributed by atoms with Crippen molar-refractivity contribution in [2.24, 2.45) is 0 Å². The highest BCUT2D eigenvalue weighted by Gasteiger charge is 2.35. The number of rotatable bonds is 13. The van der Waals surface area contributed by atoms with E-state index >= 15 is 0 Å². The number of anilines is 1. The second kappa shape index (κ2) is 16.7. The monoisotopic (exact) mass is 719 g/mol. The van der Waals surface area contributed by atoms with Gasteiger partial charge in [-0.3, -0.25) is 13.9 Å². The zero-order valence-corrected chi connectivity index (χ0v) is 30.2. The Hall–Kier alpha value is -3.85. The van der Waals surface area contributed by atoms with Crippen molar-refractivity contribution in [1.29, 1.82) is 0 Å². The zero-order valence-electron chi connectivity index (χ0n) is 27.9. The molecule has 4 aromatic carbocycles. The molecule has 1 saturated carbocycles. The summed E-state index contributed by atoms with van der Waals surface area (Å²) in [6.07, 6.45) is 5.18. The molecule has 0 bridgehead atoms. The molecule has 4 aromatic rings. The maximum Gasteiger partial charge on any atom is 0.264 e. The maximum atomic E-state index is 14.7. The fourth-order valence-corrected chi connectivity index (χ4v) is 7.96. The summed E-state index contributed by atoms with van der Waals surface area (Å²) in [7, 11) is -4.18. The highest BCUT2D eigenvalue weighted by molar-refractivity contribution is 7.92. The molecule has 0 radical (unpaired) electrons. The van der Waals surface area contributed by atoms with Crippen LogP contribution in [-0.2, 0) is 32.6 Å². The number of hydrogen-bond donors (Lipinski definition) is 1. The van der Waals surface area contributed by atoms with Crippen molar-refractivity contribution in [3.63, 3.8) is 0 Å². The van der Waals surface area contributed by atoms with Crippen molar-refractivity contribution in [3.05, 3.63) is 130 Å². The summed E-state index contributed by atoms with van der Waals surface area (Å²) >= 11 is 12.6. The summed E-state index contributed by atoms with van der Waals surface area (Å²) in [6, 6.07) is 29.0. The van der Waals surface area contributed by atoms with E-state index in [9.17, 15) is 18.0 Å². The van der Waals surface area contributed by atoms with Gasteiger partial charge in [0, 0.05) is 19.0 Å². The van der Waals surface area contributed by atoms with Crippen LogP contribution in [0.5, 0.6) is 0 Å². The number of nitrogens with one attached hydrogen (secondary N) is 1. The highest BCUT2D eigenvalue weighted by Crippen LogP contribution is 2.28. The molecule has 0 spiro atoms. The first kappa shape index (κ1) is 36.4. The molecule has 1 aliphatic rings. The topological polar surface area (TPSA) is 86.8 Å². The lowest BCUT2D eigenvalue weighted by Crippen LogP contribution is -2.55. The SMILES string of the molecule is CC(C)c1ccc(N(CC(=O)N(Cc2ccc(Cl)c(Cl)c2)[C@@H](Cc2ccccc2)C(=O)NC2CCCCC2)S(=O)(=O)c2ccccc2)cc1. The Balaban J connectivity index is 1.57. The molecule has 0 unspecified atom stereocenters. The minimum Gasteiger partial charge on any atom is -0.352 e. The number of carbonyl (C=O) groups excluding carboxylic acids is 2. The van der Waals surface area contributed by atoms with Crippen molar-refractivity contribution in [3.8, 4) is 0 Å². The van der Waals surface area contributed by atoms with E-state index in [2.05, 4.69) is 19.2 Å². The zero-order chi connectivity index (χ0) is 35.0. The summed E-state index contributed by atoms with van der Waals surface area (Å²) in [4.78, 5) is 30.6. The van der Waals surface area contributed by atoms with Gasteiger partial charge in [0.15, 0.2) is 0 Å². The van der Waals surface area contributed by atoms with Crippen molar-refractivity contribution in [1.82, 2.24) is 10.2 Å². The number of carbonyl (C=O) groups is 2. The van der Waals surface area contributed by atoms with E-state index in [1.165, 1.54) is 17.0 Å². The van der Waals surface area contributed by atoms with Crippen LogP contribution in [0, 0.1) is 0 Å². The van der Waals surface area contributed by atoms with Gasteiger partial charge in [-0.15, -0.1) is 0 Å². The normalized spacial score (nSPS) is 14.3. The highest BCUT2D eigenvalue weighted by atomic mass is 35.5. The summed E-state index contributed by atoms with van der Waals surface area (Å²) in [6.45, 7) is 3.60. The summed E-state index contributed by atoms with van der Waals surface area (Å²) < 4.78 is 29.6. The second-order valence-electron chi connectivity index (χ2n) is 12.9. The molecule has 258 valence electrons. The van der Waals surface area contributed by atoms with Crippen LogP contribution in [0.2, 0.25) is 10.0 Å². The quantitative estimate of drug-likeness (QED) is 0.150. The molecule has 1 aliphatic carbocycles. The number of benzene rings is 4. The van der Waals surface area contributed by atoms with E-state index in [0.29, 0.717) is 21.3 Å². The van der Waals surface area contributed by atoms with Gasteiger partial charge in [0.1, 0.15) is 12.6 Å². The standard InChI is InChI=1S/C39H43Cl2N3O4S/c1-28(2)31-19-21-33(22-20-31)44(49(47,48)34-16-10-5-11-17-34)27-38(45)43(26-30-18-23-35(40)36(41)24-30)37(25-29-12-6-3-7-13-29)39(46)42-32-14-8-4-9-15-32/h3,5-7,10-13,16-24,28,32,37H,4,8-9,14-15,25-27H2,1-2H3,(H,42,46)/t37-/m0/s1. The first-order valence-corrected chi connectivity index (χ1v) is 19.0. The third kappa shape index (κ3) is 9.44. The number of hydrogen-bond acceptors (Lipinski definition) is 4. The molecule has 0 aromatic heterocycles. The first-order valence-electron chi connectivity index (χ1n) is 16.8. The van der Waals surface area contributed by atoms with Crippen LogP contribution in [0.25, 0.3) is 0 Å². The van der Waals surface area contributed by atoms with Crippen LogP contribution in [0.3, 0.4) is 0 Å². The van der Waals surface area contributed by atoms with Gasteiger partial charge in [0.05, 0.1) is 20.6 Å². The molecule has 1 N–H and O–H groups in total.